The van der Waals surface area contributed by atoms with Crippen LogP contribution in [0.3, 0.4) is 0 Å². The van der Waals surface area contributed by atoms with Gasteiger partial charge in [-0.25, -0.2) is 13.2 Å². The summed E-state index contributed by atoms with van der Waals surface area (Å²) < 4.78 is 47.4. The van der Waals surface area contributed by atoms with Crippen LogP contribution in [0, 0.1) is 17.5 Å². The van der Waals surface area contributed by atoms with Crippen LogP contribution in [0.25, 0.3) is 0 Å². The van der Waals surface area contributed by atoms with Gasteiger partial charge in [0.25, 0.3) is 11.8 Å². The van der Waals surface area contributed by atoms with E-state index in [-0.39, 0.29) is 16.9 Å². The lowest BCUT2D eigenvalue weighted by Gasteiger charge is -2.17. The first-order valence-electron chi connectivity index (χ1n) is 9.37. The van der Waals surface area contributed by atoms with Gasteiger partial charge in [-0.05, 0) is 35.4 Å². The van der Waals surface area contributed by atoms with Gasteiger partial charge >= 0.3 is 0 Å². The molecule has 0 aromatic heterocycles. The van der Waals surface area contributed by atoms with Crippen molar-refractivity contribution in [3.63, 3.8) is 0 Å². The van der Waals surface area contributed by atoms with E-state index in [1.807, 2.05) is 24.3 Å². The van der Waals surface area contributed by atoms with Crippen molar-refractivity contribution < 1.29 is 27.5 Å². The molecule has 0 bridgehead atoms. The number of nitrogens with zero attached hydrogens (tertiary/aromatic N) is 1. The maximum atomic E-state index is 14.4. The Kier molecular flexibility index (Phi) is 5.37. The van der Waals surface area contributed by atoms with Crippen molar-refractivity contribution in [2.24, 2.45) is 0 Å². The Morgan fingerprint density at radius 1 is 0.903 bits per heavy atom. The normalized spacial score (nSPS) is 12.5. The van der Waals surface area contributed by atoms with Crippen LogP contribution < -0.4 is 10.1 Å². The fourth-order valence-electron chi connectivity index (χ4n) is 3.50. The van der Waals surface area contributed by atoms with Crippen molar-refractivity contribution >= 4 is 17.5 Å². The monoisotopic (exact) mass is 426 g/mol. The number of halogens is 3. The summed E-state index contributed by atoms with van der Waals surface area (Å²) in [4.78, 5) is 26.9. The number of carbonyl (C=O) groups is 2. The van der Waals surface area contributed by atoms with Crippen molar-refractivity contribution in [3.05, 3.63) is 94.3 Å². The molecule has 8 heteroatoms. The lowest BCUT2D eigenvalue weighted by Crippen LogP contribution is -2.26. The zero-order valence-corrected chi connectivity index (χ0v) is 16.4. The fourth-order valence-corrected chi connectivity index (χ4v) is 3.50. The van der Waals surface area contributed by atoms with E-state index in [9.17, 15) is 22.8 Å². The highest BCUT2D eigenvalue weighted by atomic mass is 19.1. The van der Waals surface area contributed by atoms with E-state index >= 15 is 0 Å². The van der Waals surface area contributed by atoms with E-state index in [0.29, 0.717) is 19.2 Å². The number of benzene rings is 3. The number of anilines is 1. The molecule has 0 unspecified atom stereocenters. The minimum atomic E-state index is -1.07. The molecule has 1 aliphatic heterocycles. The van der Waals surface area contributed by atoms with Crippen LogP contribution in [-0.4, -0.2) is 23.8 Å². The van der Waals surface area contributed by atoms with Crippen LogP contribution in [-0.2, 0) is 13.1 Å². The largest absolute Gasteiger partial charge is 0.496 e. The smallest absolute Gasteiger partial charge is 0.259 e. The second-order valence-electron chi connectivity index (χ2n) is 7.04. The third kappa shape index (κ3) is 3.96. The first kappa shape index (κ1) is 20.5. The summed E-state index contributed by atoms with van der Waals surface area (Å²) in [5.41, 5.74) is 0.942. The highest BCUT2D eigenvalue weighted by Gasteiger charge is 2.27. The van der Waals surface area contributed by atoms with E-state index in [0.717, 1.165) is 29.3 Å². The number of rotatable bonds is 4. The number of hydrogen-bond donors (Lipinski definition) is 1. The van der Waals surface area contributed by atoms with Gasteiger partial charge in [0, 0.05) is 19.2 Å². The summed E-state index contributed by atoms with van der Waals surface area (Å²) in [7, 11) is 1.30. The van der Waals surface area contributed by atoms with Gasteiger partial charge in [0.05, 0.1) is 23.9 Å². The molecule has 3 aromatic rings. The number of fused-ring (bicyclic) bond motifs is 1. The van der Waals surface area contributed by atoms with Crippen LogP contribution in [0.1, 0.15) is 31.8 Å². The molecule has 3 aromatic carbocycles. The van der Waals surface area contributed by atoms with Crippen molar-refractivity contribution in [1.82, 2.24) is 4.90 Å². The molecule has 5 nitrogen and oxygen atoms in total. The van der Waals surface area contributed by atoms with Crippen molar-refractivity contribution in [2.45, 2.75) is 13.1 Å². The van der Waals surface area contributed by atoms with E-state index < -0.39 is 35.0 Å². The third-order valence-electron chi connectivity index (χ3n) is 5.07. The molecule has 1 heterocycles. The van der Waals surface area contributed by atoms with E-state index in [2.05, 4.69) is 5.32 Å². The van der Waals surface area contributed by atoms with Gasteiger partial charge in [0.15, 0.2) is 0 Å². The summed E-state index contributed by atoms with van der Waals surface area (Å²) in [5.74, 6) is -4.22. The van der Waals surface area contributed by atoms with Crippen molar-refractivity contribution in [2.75, 3.05) is 12.4 Å². The molecule has 0 saturated heterocycles. The third-order valence-corrected chi connectivity index (χ3v) is 5.07. The average Bonchev–Trinajstić information content (AvgIpc) is 3.19. The SMILES string of the molecule is COc1ccc(F)cc1C(=O)Nc1cc(C(=O)N2Cc3ccccc3C2)c(F)cc1F. The molecule has 2 amide bonds. The fraction of sp³-hybridized carbons (Fsp3) is 0.130. The Balaban J connectivity index is 1.61. The van der Waals surface area contributed by atoms with Gasteiger partial charge in [-0.1, -0.05) is 24.3 Å². The predicted octanol–water partition coefficient (Wildman–Crippen LogP) is 4.52. The van der Waals surface area contributed by atoms with Crippen molar-refractivity contribution in [1.29, 1.82) is 0 Å². The first-order chi connectivity index (χ1) is 14.9. The number of amides is 2. The second kappa shape index (κ2) is 8.14. The summed E-state index contributed by atoms with van der Waals surface area (Å²) in [6, 6.07) is 12.2. The Labute approximate surface area is 176 Å². The van der Waals surface area contributed by atoms with E-state index in [4.69, 9.17) is 4.74 Å². The number of ether oxygens (including phenoxy) is 1. The Bertz CT molecular complexity index is 1170. The summed E-state index contributed by atoms with van der Waals surface area (Å²) >= 11 is 0. The molecule has 158 valence electrons. The topological polar surface area (TPSA) is 58.6 Å². The molecule has 0 radical (unpaired) electrons. The van der Waals surface area contributed by atoms with Gasteiger partial charge in [-0.3, -0.25) is 9.59 Å². The van der Waals surface area contributed by atoms with E-state index in [1.165, 1.54) is 18.1 Å². The predicted molar refractivity (Wildman–Crippen MR) is 107 cm³/mol. The zero-order chi connectivity index (χ0) is 22.1. The number of hydrogen-bond acceptors (Lipinski definition) is 3. The molecule has 0 fully saturated rings. The molecule has 1 aliphatic rings. The number of carbonyl (C=O) groups excluding carboxylic acids is 2. The summed E-state index contributed by atoms with van der Waals surface area (Å²) in [6.07, 6.45) is 0. The molecule has 0 spiro atoms. The first-order valence-corrected chi connectivity index (χ1v) is 9.37. The van der Waals surface area contributed by atoms with Gasteiger partial charge in [0.2, 0.25) is 0 Å². The lowest BCUT2D eigenvalue weighted by atomic mass is 10.1. The molecule has 0 aliphatic carbocycles. The Morgan fingerprint density at radius 3 is 2.23 bits per heavy atom. The van der Waals surface area contributed by atoms with Gasteiger partial charge in [-0.2, -0.15) is 0 Å². The van der Waals surface area contributed by atoms with Crippen molar-refractivity contribution in [3.8, 4) is 5.75 Å². The number of methoxy groups -OCH3 is 1. The molecule has 1 N–H and O–H groups in total. The highest BCUT2D eigenvalue weighted by Crippen LogP contribution is 2.28. The summed E-state index contributed by atoms with van der Waals surface area (Å²) in [5, 5.41) is 2.26. The van der Waals surface area contributed by atoms with Crippen LogP contribution in [0.2, 0.25) is 0 Å². The Morgan fingerprint density at radius 2 is 1.58 bits per heavy atom. The zero-order valence-electron chi connectivity index (χ0n) is 16.4. The van der Waals surface area contributed by atoms with Crippen LogP contribution in [0.15, 0.2) is 54.6 Å². The lowest BCUT2D eigenvalue weighted by molar-refractivity contribution is 0.0746. The maximum absolute atomic E-state index is 14.4. The van der Waals surface area contributed by atoms with Gasteiger partial charge < -0.3 is 15.0 Å². The van der Waals surface area contributed by atoms with Crippen LogP contribution >= 0.6 is 0 Å². The quantitative estimate of drug-likeness (QED) is 0.667. The molecule has 0 atom stereocenters. The second-order valence-corrected chi connectivity index (χ2v) is 7.04. The molecular weight excluding hydrogens is 409 g/mol. The standard InChI is InChI=1S/C23H17F3N2O3/c1-31-21-7-6-15(24)8-17(21)22(29)27-20-9-16(18(25)10-19(20)26)23(30)28-11-13-4-2-3-5-14(13)12-28/h2-10H,11-12H2,1H3,(H,27,29). The van der Waals surface area contributed by atoms with E-state index in [1.54, 1.807) is 0 Å². The maximum Gasteiger partial charge on any atom is 0.259 e. The Hall–Kier alpha value is -3.81. The summed E-state index contributed by atoms with van der Waals surface area (Å²) in [6.45, 7) is 0.599. The molecule has 0 saturated carbocycles. The van der Waals surface area contributed by atoms with Gasteiger partial charge in [0.1, 0.15) is 23.2 Å². The van der Waals surface area contributed by atoms with Crippen LogP contribution in [0.4, 0.5) is 18.9 Å². The minimum absolute atomic E-state index is 0.0764. The van der Waals surface area contributed by atoms with Gasteiger partial charge in [-0.15, -0.1) is 0 Å². The molecule has 31 heavy (non-hydrogen) atoms. The molecule has 4 rings (SSSR count). The van der Waals surface area contributed by atoms with Crippen LogP contribution in [0.5, 0.6) is 5.75 Å². The highest BCUT2D eigenvalue weighted by molar-refractivity contribution is 6.07. The minimum Gasteiger partial charge on any atom is -0.496 e. The average molecular weight is 426 g/mol. The molecular formula is C23H17F3N2O3. The number of nitrogens with one attached hydrogen (secondary N) is 1.